The molecule has 1 amide bonds. The van der Waals surface area contributed by atoms with Crippen LogP contribution in [-0.2, 0) is 27.6 Å². The molecule has 0 radical (unpaired) electrons. The zero-order chi connectivity index (χ0) is 23.7. The van der Waals surface area contributed by atoms with Gasteiger partial charge in [-0.2, -0.15) is 0 Å². The number of nitrogens with one attached hydrogen (secondary N) is 2. The monoisotopic (exact) mass is 471 g/mol. The van der Waals surface area contributed by atoms with E-state index in [1.54, 1.807) is 41.1 Å². The van der Waals surface area contributed by atoms with Gasteiger partial charge in [-0.05, 0) is 43.2 Å². The second-order valence-corrected chi connectivity index (χ2v) is 10.3. The van der Waals surface area contributed by atoms with Crippen LogP contribution in [0.15, 0.2) is 95.0 Å². The van der Waals surface area contributed by atoms with Crippen LogP contribution in [0.4, 0.5) is 0 Å². The fourth-order valence-electron chi connectivity index (χ4n) is 4.29. The number of amides is 1. The molecule has 34 heavy (non-hydrogen) atoms. The number of aromatic nitrogens is 2. The number of carbonyl (C=O) groups excluding carboxylic acids is 1. The van der Waals surface area contributed by atoms with Gasteiger partial charge in [-0.1, -0.05) is 54.1 Å². The zero-order valence-electron chi connectivity index (χ0n) is 18.8. The number of sulfone groups is 1. The van der Waals surface area contributed by atoms with Crippen molar-refractivity contribution in [3.63, 3.8) is 0 Å². The summed E-state index contributed by atoms with van der Waals surface area (Å²) in [7, 11) is -3.72. The standard InChI is InChI=1S/C27H25N3O3S/c1-19-10-12-21(13-11-19)34(32,33)26-17-30(25-9-5-3-7-23(25)26)18-27(31)28-15-14-20-16-29-24-8-4-2-6-22(20)24/h2-13,16-17,29H,14-15,18H2,1H3,(H,28,31). The van der Waals surface area contributed by atoms with Crippen molar-refractivity contribution in [3.05, 3.63) is 96.3 Å². The number of para-hydroxylation sites is 2. The Kier molecular flexibility index (Phi) is 5.71. The topological polar surface area (TPSA) is 84.0 Å². The number of rotatable bonds is 7. The highest BCUT2D eigenvalue weighted by atomic mass is 32.2. The Hall–Kier alpha value is -3.84. The van der Waals surface area contributed by atoms with E-state index in [9.17, 15) is 13.2 Å². The van der Waals surface area contributed by atoms with E-state index in [2.05, 4.69) is 16.4 Å². The Morgan fingerprint density at radius 1 is 0.941 bits per heavy atom. The number of carbonyl (C=O) groups is 1. The molecule has 0 spiro atoms. The fraction of sp³-hybridized carbons (Fsp3) is 0.148. The molecule has 0 fully saturated rings. The molecule has 0 aliphatic carbocycles. The summed E-state index contributed by atoms with van der Waals surface area (Å²) in [6, 6.07) is 22.1. The van der Waals surface area contributed by atoms with Crippen LogP contribution < -0.4 is 5.32 Å². The Morgan fingerprint density at radius 3 is 2.44 bits per heavy atom. The fourth-order valence-corrected chi connectivity index (χ4v) is 5.76. The summed E-state index contributed by atoms with van der Waals surface area (Å²) < 4.78 is 28.4. The predicted octanol–water partition coefficient (Wildman–Crippen LogP) is 4.62. The maximum atomic E-state index is 13.4. The van der Waals surface area contributed by atoms with Crippen molar-refractivity contribution in [2.45, 2.75) is 29.7 Å². The van der Waals surface area contributed by atoms with Crippen LogP contribution in [0.2, 0.25) is 0 Å². The molecular formula is C27H25N3O3S. The summed E-state index contributed by atoms with van der Waals surface area (Å²) in [5.74, 6) is -0.167. The molecule has 0 saturated carbocycles. The van der Waals surface area contributed by atoms with Gasteiger partial charge < -0.3 is 14.9 Å². The number of fused-ring (bicyclic) bond motifs is 2. The van der Waals surface area contributed by atoms with Gasteiger partial charge in [-0.3, -0.25) is 4.79 Å². The molecule has 7 heteroatoms. The number of hydrogen-bond donors (Lipinski definition) is 2. The van der Waals surface area contributed by atoms with Gasteiger partial charge in [-0.25, -0.2) is 8.42 Å². The molecule has 0 saturated heterocycles. The first-order valence-corrected chi connectivity index (χ1v) is 12.6. The average Bonchev–Trinajstić information content (AvgIpc) is 3.42. The number of nitrogens with zero attached hydrogens (tertiary/aromatic N) is 1. The highest BCUT2D eigenvalue weighted by Gasteiger charge is 2.23. The Labute approximate surface area is 198 Å². The lowest BCUT2D eigenvalue weighted by atomic mass is 10.1. The van der Waals surface area contributed by atoms with Crippen molar-refractivity contribution >= 4 is 37.6 Å². The second-order valence-electron chi connectivity index (χ2n) is 8.41. The molecule has 2 heterocycles. The molecule has 6 nitrogen and oxygen atoms in total. The largest absolute Gasteiger partial charge is 0.361 e. The Bertz CT molecular complexity index is 1600. The van der Waals surface area contributed by atoms with E-state index in [0.29, 0.717) is 23.9 Å². The SMILES string of the molecule is Cc1ccc(S(=O)(=O)c2cn(CC(=O)NCCc3c[nH]c4ccccc34)c3ccccc23)cc1. The summed E-state index contributed by atoms with van der Waals surface area (Å²) >= 11 is 0. The van der Waals surface area contributed by atoms with E-state index >= 15 is 0 Å². The molecule has 172 valence electrons. The van der Waals surface area contributed by atoms with Crippen molar-refractivity contribution in [3.8, 4) is 0 Å². The number of benzene rings is 3. The summed E-state index contributed by atoms with van der Waals surface area (Å²) in [4.78, 5) is 16.4. The zero-order valence-corrected chi connectivity index (χ0v) is 19.6. The normalized spacial score (nSPS) is 11.8. The van der Waals surface area contributed by atoms with Crippen molar-refractivity contribution < 1.29 is 13.2 Å². The van der Waals surface area contributed by atoms with Crippen molar-refractivity contribution in [2.75, 3.05) is 6.54 Å². The minimum atomic E-state index is -3.72. The van der Waals surface area contributed by atoms with Gasteiger partial charge in [0.25, 0.3) is 0 Å². The van der Waals surface area contributed by atoms with Gasteiger partial charge in [0.05, 0.1) is 9.79 Å². The van der Waals surface area contributed by atoms with Crippen LogP contribution in [-0.4, -0.2) is 30.4 Å². The van der Waals surface area contributed by atoms with Gasteiger partial charge in [-0.15, -0.1) is 0 Å². The predicted molar refractivity (Wildman–Crippen MR) is 134 cm³/mol. The smallest absolute Gasteiger partial charge is 0.239 e. The highest BCUT2D eigenvalue weighted by Crippen LogP contribution is 2.30. The van der Waals surface area contributed by atoms with E-state index in [0.717, 1.165) is 22.0 Å². The third-order valence-electron chi connectivity index (χ3n) is 6.08. The van der Waals surface area contributed by atoms with E-state index in [-0.39, 0.29) is 22.2 Å². The quantitative estimate of drug-likeness (QED) is 0.363. The van der Waals surface area contributed by atoms with Crippen LogP contribution in [0.1, 0.15) is 11.1 Å². The molecule has 2 N–H and O–H groups in total. The second kappa shape index (κ2) is 8.83. The van der Waals surface area contributed by atoms with E-state index in [1.165, 1.54) is 0 Å². The van der Waals surface area contributed by atoms with Gasteiger partial charge in [0.2, 0.25) is 15.7 Å². The summed E-state index contributed by atoms with van der Waals surface area (Å²) in [6.45, 7) is 2.45. The first-order valence-electron chi connectivity index (χ1n) is 11.1. The van der Waals surface area contributed by atoms with Gasteiger partial charge in [0.1, 0.15) is 6.54 Å². The third-order valence-corrected chi connectivity index (χ3v) is 7.88. The van der Waals surface area contributed by atoms with Crippen molar-refractivity contribution in [2.24, 2.45) is 0 Å². The lowest BCUT2D eigenvalue weighted by Crippen LogP contribution is -2.29. The van der Waals surface area contributed by atoms with Gasteiger partial charge in [0.15, 0.2) is 0 Å². The Balaban J connectivity index is 1.35. The van der Waals surface area contributed by atoms with E-state index < -0.39 is 9.84 Å². The van der Waals surface area contributed by atoms with E-state index in [4.69, 9.17) is 0 Å². The van der Waals surface area contributed by atoms with Crippen molar-refractivity contribution in [1.29, 1.82) is 0 Å². The van der Waals surface area contributed by atoms with Gasteiger partial charge in [0, 0.05) is 40.7 Å². The molecule has 0 unspecified atom stereocenters. The third kappa shape index (κ3) is 4.10. The number of H-pyrrole nitrogens is 1. The molecule has 0 aliphatic rings. The molecule has 0 bridgehead atoms. The summed E-state index contributed by atoms with van der Waals surface area (Å²) in [5, 5.41) is 4.72. The maximum Gasteiger partial charge on any atom is 0.239 e. The van der Waals surface area contributed by atoms with Gasteiger partial charge >= 0.3 is 0 Å². The molecule has 0 aliphatic heterocycles. The summed E-state index contributed by atoms with van der Waals surface area (Å²) in [6.07, 6.45) is 4.24. The van der Waals surface area contributed by atoms with Crippen LogP contribution in [0.3, 0.4) is 0 Å². The lowest BCUT2D eigenvalue weighted by Gasteiger charge is -2.07. The maximum absolute atomic E-state index is 13.4. The minimum absolute atomic E-state index is 0.0395. The molecule has 3 aromatic carbocycles. The lowest BCUT2D eigenvalue weighted by molar-refractivity contribution is -0.121. The highest BCUT2D eigenvalue weighted by molar-refractivity contribution is 7.91. The molecule has 5 aromatic rings. The van der Waals surface area contributed by atoms with Crippen LogP contribution in [0.25, 0.3) is 21.8 Å². The van der Waals surface area contributed by atoms with E-state index in [1.807, 2.05) is 49.5 Å². The number of aromatic amines is 1. The molecule has 5 rings (SSSR count). The minimum Gasteiger partial charge on any atom is -0.361 e. The number of aryl methyl sites for hydroxylation is 1. The van der Waals surface area contributed by atoms with Crippen LogP contribution in [0, 0.1) is 6.92 Å². The Morgan fingerprint density at radius 2 is 1.65 bits per heavy atom. The summed E-state index contributed by atoms with van der Waals surface area (Å²) in [5.41, 5.74) is 3.92. The van der Waals surface area contributed by atoms with Crippen LogP contribution >= 0.6 is 0 Å². The number of hydrogen-bond acceptors (Lipinski definition) is 3. The van der Waals surface area contributed by atoms with Crippen molar-refractivity contribution in [1.82, 2.24) is 14.9 Å². The average molecular weight is 472 g/mol. The van der Waals surface area contributed by atoms with Crippen LogP contribution in [0.5, 0.6) is 0 Å². The molecular weight excluding hydrogens is 446 g/mol. The molecule has 2 aromatic heterocycles. The first kappa shape index (κ1) is 22.0. The first-order chi connectivity index (χ1) is 16.4. The molecule has 0 atom stereocenters.